The molecule has 0 saturated carbocycles. The number of phenols is 1. The maximum Gasteiger partial charge on any atom is 0.252 e. The monoisotopic (exact) mass is 331 g/mol. The third kappa shape index (κ3) is 2.53. The lowest BCUT2D eigenvalue weighted by Crippen LogP contribution is -2.22. The third-order valence-electron chi connectivity index (χ3n) is 4.51. The van der Waals surface area contributed by atoms with Gasteiger partial charge in [0.1, 0.15) is 5.75 Å². The Labute approximate surface area is 145 Å². The number of para-hydroxylation sites is 1. The van der Waals surface area contributed by atoms with Crippen molar-refractivity contribution in [2.45, 2.75) is 12.6 Å². The van der Waals surface area contributed by atoms with E-state index in [2.05, 4.69) is 21.5 Å². The van der Waals surface area contributed by atoms with Gasteiger partial charge in [-0.3, -0.25) is 4.79 Å². The van der Waals surface area contributed by atoms with Gasteiger partial charge in [-0.25, -0.2) is 0 Å². The van der Waals surface area contributed by atoms with Crippen molar-refractivity contribution in [3.8, 4) is 18.1 Å². The Bertz CT molecular complexity index is 1010. The van der Waals surface area contributed by atoms with Crippen LogP contribution in [0.15, 0.2) is 42.5 Å². The fraction of sp³-hybridized carbons (Fsp3) is 0.150. The summed E-state index contributed by atoms with van der Waals surface area (Å²) in [6, 6.07) is 12.5. The zero-order chi connectivity index (χ0) is 17.4. The number of hydrogen-bond acceptors (Lipinski definition) is 3. The number of amides is 1. The third-order valence-corrected chi connectivity index (χ3v) is 4.51. The Morgan fingerprint density at radius 1 is 1.24 bits per heavy atom. The molecule has 0 fully saturated rings. The molecule has 1 amide bonds. The molecule has 5 nitrogen and oxygen atoms in total. The van der Waals surface area contributed by atoms with E-state index in [1.165, 1.54) is 6.07 Å². The van der Waals surface area contributed by atoms with Crippen molar-refractivity contribution < 1.29 is 9.90 Å². The lowest BCUT2D eigenvalue weighted by Gasteiger charge is -2.14. The predicted molar refractivity (Wildman–Crippen MR) is 96.3 cm³/mol. The van der Waals surface area contributed by atoms with Gasteiger partial charge in [0.2, 0.25) is 0 Å². The number of aromatic amines is 1. The lowest BCUT2D eigenvalue weighted by atomic mass is 9.95. The van der Waals surface area contributed by atoms with Gasteiger partial charge in [0.25, 0.3) is 5.91 Å². The second-order valence-electron chi connectivity index (χ2n) is 6.05. The molecule has 1 atom stereocenters. The van der Waals surface area contributed by atoms with Crippen LogP contribution in [0.5, 0.6) is 5.75 Å². The number of benzene rings is 2. The van der Waals surface area contributed by atoms with Gasteiger partial charge in [-0.2, -0.15) is 0 Å². The summed E-state index contributed by atoms with van der Waals surface area (Å²) in [7, 11) is 0. The predicted octanol–water partition coefficient (Wildman–Crippen LogP) is 2.43. The van der Waals surface area contributed by atoms with Gasteiger partial charge in [-0.15, -0.1) is 6.42 Å². The van der Waals surface area contributed by atoms with Gasteiger partial charge >= 0.3 is 0 Å². The first-order valence-electron chi connectivity index (χ1n) is 8.06. The van der Waals surface area contributed by atoms with E-state index >= 15 is 0 Å². The van der Waals surface area contributed by atoms with E-state index in [0.29, 0.717) is 18.7 Å². The van der Waals surface area contributed by atoms with E-state index in [1.807, 2.05) is 24.3 Å². The number of hydrogen-bond donors (Lipinski definition) is 4. The number of carbonyl (C=O) groups is 1. The second-order valence-corrected chi connectivity index (χ2v) is 6.05. The van der Waals surface area contributed by atoms with Crippen molar-refractivity contribution >= 4 is 16.8 Å². The molecule has 1 aliphatic heterocycles. The molecule has 2 heterocycles. The Morgan fingerprint density at radius 2 is 2.08 bits per heavy atom. The quantitative estimate of drug-likeness (QED) is 0.438. The SMILES string of the molecule is C#CCNCc1[nH]c2ccccc2c1C1NC(=O)c2ccc(O)cc21. The van der Waals surface area contributed by atoms with Crippen molar-refractivity contribution in [3.05, 3.63) is 64.8 Å². The highest BCUT2D eigenvalue weighted by atomic mass is 16.3. The molecule has 1 aromatic heterocycles. The summed E-state index contributed by atoms with van der Waals surface area (Å²) in [4.78, 5) is 15.8. The number of H-pyrrole nitrogens is 1. The molecule has 2 aromatic carbocycles. The van der Waals surface area contributed by atoms with Crippen LogP contribution in [0.3, 0.4) is 0 Å². The summed E-state index contributed by atoms with van der Waals surface area (Å²) < 4.78 is 0. The van der Waals surface area contributed by atoms with Crippen LogP contribution in [0.2, 0.25) is 0 Å². The fourth-order valence-corrected chi connectivity index (χ4v) is 3.46. The highest BCUT2D eigenvalue weighted by molar-refractivity contribution is 6.01. The molecule has 1 unspecified atom stereocenters. The van der Waals surface area contributed by atoms with Crippen molar-refractivity contribution in [2.75, 3.05) is 6.54 Å². The summed E-state index contributed by atoms with van der Waals surface area (Å²) in [5.41, 5.74) is 4.34. The average Bonchev–Trinajstić information content (AvgIpc) is 3.12. The van der Waals surface area contributed by atoms with Crippen LogP contribution in [0.1, 0.15) is 33.2 Å². The van der Waals surface area contributed by atoms with Crippen LogP contribution in [0.25, 0.3) is 10.9 Å². The second kappa shape index (κ2) is 6.00. The summed E-state index contributed by atoms with van der Waals surface area (Å²) in [5.74, 6) is 2.58. The molecule has 0 radical (unpaired) electrons. The first-order valence-corrected chi connectivity index (χ1v) is 8.06. The average molecular weight is 331 g/mol. The van der Waals surface area contributed by atoms with E-state index in [4.69, 9.17) is 6.42 Å². The minimum absolute atomic E-state index is 0.132. The van der Waals surface area contributed by atoms with Gasteiger partial charge in [-0.1, -0.05) is 24.1 Å². The molecule has 4 N–H and O–H groups in total. The van der Waals surface area contributed by atoms with Gasteiger partial charge in [0, 0.05) is 34.3 Å². The molecule has 124 valence electrons. The molecule has 0 aliphatic carbocycles. The Morgan fingerprint density at radius 3 is 2.92 bits per heavy atom. The van der Waals surface area contributed by atoms with E-state index in [9.17, 15) is 9.90 Å². The Kier molecular flexibility index (Phi) is 3.68. The first kappa shape index (κ1) is 15.3. The molecular formula is C20H17N3O2. The van der Waals surface area contributed by atoms with E-state index < -0.39 is 0 Å². The van der Waals surface area contributed by atoms with Crippen molar-refractivity contribution in [1.29, 1.82) is 0 Å². The van der Waals surface area contributed by atoms with Crippen LogP contribution in [-0.4, -0.2) is 22.5 Å². The number of terminal acetylenes is 1. The summed E-state index contributed by atoms with van der Waals surface area (Å²) in [6.07, 6.45) is 5.32. The van der Waals surface area contributed by atoms with E-state index in [-0.39, 0.29) is 17.7 Å². The topological polar surface area (TPSA) is 77.2 Å². The Hall–Kier alpha value is -3.23. The number of aromatic nitrogens is 1. The highest BCUT2D eigenvalue weighted by Gasteiger charge is 2.33. The van der Waals surface area contributed by atoms with Crippen molar-refractivity contribution in [3.63, 3.8) is 0 Å². The molecule has 0 bridgehead atoms. The number of carbonyl (C=O) groups excluding carboxylic acids is 1. The molecular weight excluding hydrogens is 314 g/mol. The molecule has 4 rings (SSSR count). The van der Waals surface area contributed by atoms with E-state index in [0.717, 1.165) is 27.7 Å². The van der Waals surface area contributed by atoms with E-state index in [1.54, 1.807) is 12.1 Å². The minimum Gasteiger partial charge on any atom is -0.508 e. The largest absolute Gasteiger partial charge is 0.508 e. The highest BCUT2D eigenvalue weighted by Crippen LogP contribution is 2.38. The zero-order valence-electron chi connectivity index (χ0n) is 13.5. The first-order chi connectivity index (χ1) is 12.2. The lowest BCUT2D eigenvalue weighted by molar-refractivity contribution is 0.0960. The standard InChI is InChI=1S/C20H17N3O2/c1-2-9-21-11-17-18(14-5-3-4-6-16(14)22-17)19-15-10-12(24)7-8-13(15)20(25)23-19/h1,3-8,10,19,21-22,24H,9,11H2,(H,23,25). The van der Waals surface area contributed by atoms with Gasteiger partial charge in [-0.05, 0) is 29.8 Å². The fourth-order valence-electron chi connectivity index (χ4n) is 3.46. The molecule has 0 saturated heterocycles. The maximum absolute atomic E-state index is 12.3. The number of aromatic hydroxyl groups is 1. The minimum atomic E-state index is -0.312. The van der Waals surface area contributed by atoms with Crippen molar-refractivity contribution in [2.24, 2.45) is 0 Å². The van der Waals surface area contributed by atoms with Crippen LogP contribution in [-0.2, 0) is 6.54 Å². The summed E-state index contributed by atoms with van der Waals surface area (Å²) >= 11 is 0. The number of fused-ring (bicyclic) bond motifs is 2. The smallest absolute Gasteiger partial charge is 0.252 e. The number of phenolic OH excluding ortho intramolecular Hbond substituents is 1. The molecule has 0 spiro atoms. The molecule has 3 aromatic rings. The molecule has 5 heteroatoms. The number of nitrogens with one attached hydrogen (secondary N) is 3. The zero-order valence-corrected chi connectivity index (χ0v) is 13.5. The van der Waals surface area contributed by atoms with Gasteiger partial charge in [0.05, 0.1) is 12.6 Å². The maximum atomic E-state index is 12.3. The van der Waals surface area contributed by atoms with Crippen molar-refractivity contribution in [1.82, 2.24) is 15.6 Å². The van der Waals surface area contributed by atoms with Gasteiger partial charge in [0.15, 0.2) is 0 Å². The molecule has 25 heavy (non-hydrogen) atoms. The Balaban J connectivity index is 1.87. The van der Waals surface area contributed by atoms with Gasteiger partial charge < -0.3 is 20.7 Å². The van der Waals surface area contributed by atoms with Crippen LogP contribution < -0.4 is 10.6 Å². The van der Waals surface area contributed by atoms with Crippen LogP contribution in [0, 0.1) is 12.3 Å². The summed E-state index contributed by atoms with van der Waals surface area (Å²) in [6.45, 7) is 1.03. The van der Waals surface area contributed by atoms with Crippen LogP contribution >= 0.6 is 0 Å². The van der Waals surface area contributed by atoms with Crippen LogP contribution in [0.4, 0.5) is 0 Å². The summed E-state index contributed by atoms with van der Waals surface area (Å²) in [5, 5.41) is 17.1. The normalized spacial score (nSPS) is 15.8. The molecule has 1 aliphatic rings. The number of rotatable bonds is 4.